The lowest BCUT2D eigenvalue weighted by molar-refractivity contribution is 0.199. The Morgan fingerprint density at radius 2 is 2.13 bits per heavy atom. The number of nitrogens with one attached hydrogen (secondary N) is 1. The number of hydrogen-bond donors (Lipinski definition) is 1. The highest BCUT2D eigenvalue weighted by atomic mass is 79.9. The van der Waals surface area contributed by atoms with Crippen LogP contribution in [0, 0.1) is 0 Å². The van der Waals surface area contributed by atoms with Crippen molar-refractivity contribution in [2.24, 2.45) is 0 Å². The number of hydrogen-bond acceptors (Lipinski definition) is 3. The van der Waals surface area contributed by atoms with Crippen LogP contribution in [-0.2, 0) is 11.3 Å². The molecule has 15 heavy (non-hydrogen) atoms. The standard InChI is InChI=1S/C11H16BrNO2/c1-14-7-6-13-8-9-10(12)4-3-5-11(9)15-2/h3-5,13H,6-8H2,1-2H3. The van der Waals surface area contributed by atoms with Crippen molar-refractivity contribution >= 4 is 15.9 Å². The van der Waals surface area contributed by atoms with E-state index in [4.69, 9.17) is 9.47 Å². The van der Waals surface area contributed by atoms with E-state index >= 15 is 0 Å². The predicted octanol–water partition coefficient (Wildman–Crippen LogP) is 2.19. The van der Waals surface area contributed by atoms with Crippen LogP contribution >= 0.6 is 15.9 Å². The minimum Gasteiger partial charge on any atom is -0.496 e. The molecule has 1 aromatic carbocycles. The van der Waals surface area contributed by atoms with Gasteiger partial charge in [-0.05, 0) is 12.1 Å². The van der Waals surface area contributed by atoms with Crippen molar-refractivity contribution in [1.29, 1.82) is 0 Å². The Kier molecular flexibility index (Phi) is 5.68. The molecule has 0 heterocycles. The van der Waals surface area contributed by atoms with Crippen molar-refractivity contribution in [3.63, 3.8) is 0 Å². The third-order valence-electron chi connectivity index (χ3n) is 2.08. The third kappa shape index (κ3) is 3.81. The lowest BCUT2D eigenvalue weighted by Crippen LogP contribution is -2.19. The van der Waals surface area contributed by atoms with Crippen molar-refractivity contribution in [2.75, 3.05) is 27.4 Å². The van der Waals surface area contributed by atoms with Crippen LogP contribution in [0.3, 0.4) is 0 Å². The fraction of sp³-hybridized carbons (Fsp3) is 0.455. The molecule has 0 aliphatic rings. The molecule has 4 heteroatoms. The van der Waals surface area contributed by atoms with Gasteiger partial charge in [0.1, 0.15) is 5.75 Å². The van der Waals surface area contributed by atoms with Gasteiger partial charge in [-0.2, -0.15) is 0 Å². The molecule has 0 fully saturated rings. The van der Waals surface area contributed by atoms with Crippen molar-refractivity contribution in [3.05, 3.63) is 28.2 Å². The Bertz CT molecular complexity index is 305. The van der Waals surface area contributed by atoms with E-state index in [1.807, 2.05) is 18.2 Å². The first-order valence-electron chi connectivity index (χ1n) is 4.80. The first kappa shape index (κ1) is 12.5. The van der Waals surface area contributed by atoms with E-state index in [2.05, 4.69) is 21.2 Å². The molecule has 0 atom stereocenters. The van der Waals surface area contributed by atoms with Crippen molar-refractivity contribution in [3.8, 4) is 5.75 Å². The second-order valence-electron chi connectivity index (χ2n) is 3.09. The summed E-state index contributed by atoms with van der Waals surface area (Å²) in [5.74, 6) is 0.897. The SMILES string of the molecule is COCCNCc1c(Br)cccc1OC. The molecule has 1 rings (SSSR count). The molecule has 1 N–H and O–H groups in total. The van der Waals surface area contributed by atoms with E-state index in [-0.39, 0.29) is 0 Å². The maximum absolute atomic E-state index is 5.28. The van der Waals surface area contributed by atoms with Crippen molar-refractivity contribution in [1.82, 2.24) is 5.32 Å². The molecule has 0 radical (unpaired) electrons. The van der Waals surface area contributed by atoms with Gasteiger partial charge in [0, 0.05) is 30.2 Å². The Morgan fingerprint density at radius 3 is 2.80 bits per heavy atom. The summed E-state index contributed by atoms with van der Waals surface area (Å²) in [6.07, 6.45) is 0. The first-order valence-corrected chi connectivity index (χ1v) is 5.60. The fourth-order valence-electron chi connectivity index (χ4n) is 1.29. The Morgan fingerprint density at radius 1 is 1.33 bits per heavy atom. The predicted molar refractivity (Wildman–Crippen MR) is 64.3 cm³/mol. The summed E-state index contributed by atoms with van der Waals surface area (Å²) in [7, 11) is 3.38. The van der Waals surface area contributed by atoms with Gasteiger partial charge in [-0.1, -0.05) is 22.0 Å². The van der Waals surface area contributed by atoms with Crippen LogP contribution in [0.4, 0.5) is 0 Å². The Hall–Kier alpha value is -0.580. The molecule has 0 aromatic heterocycles. The number of ether oxygens (including phenoxy) is 2. The largest absolute Gasteiger partial charge is 0.496 e. The van der Waals surface area contributed by atoms with E-state index < -0.39 is 0 Å². The van der Waals surface area contributed by atoms with E-state index in [1.165, 1.54) is 0 Å². The molecule has 0 spiro atoms. The zero-order valence-corrected chi connectivity index (χ0v) is 10.6. The lowest BCUT2D eigenvalue weighted by Gasteiger charge is -2.11. The number of halogens is 1. The average molecular weight is 274 g/mol. The van der Waals surface area contributed by atoms with Gasteiger partial charge < -0.3 is 14.8 Å². The minimum absolute atomic E-state index is 0.715. The average Bonchev–Trinajstić information content (AvgIpc) is 2.26. The molecular formula is C11H16BrNO2. The maximum atomic E-state index is 5.28. The molecule has 3 nitrogen and oxygen atoms in total. The van der Waals surface area contributed by atoms with Gasteiger partial charge in [-0.25, -0.2) is 0 Å². The maximum Gasteiger partial charge on any atom is 0.124 e. The summed E-state index contributed by atoms with van der Waals surface area (Å²) < 4.78 is 11.3. The highest BCUT2D eigenvalue weighted by Gasteiger charge is 2.05. The van der Waals surface area contributed by atoms with Gasteiger partial charge in [0.2, 0.25) is 0 Å². The minimum atomic E-state index is 0.715. The van der Waals surface area contributed by atoms with E-state index in [0.717, 1.165) is 28.9 Å². The first-order chi connectivity index (χ1) is 7.29. The van der Waals surface area contributed by atoms with Gasteiger partial charge in [0.25, 0.3) is 0 Å². The molecule has 1 aromatic rings. The summed E-state index contributed by atoms with van der Waals surface area (Å²) in [4.78, 5) is 0. The highest BCUT2D eigenvalue weighted by Crippen LogP contribution is 2.26. The molecule has 84 valence electrons. The molecule has 0 saturated heterocycles. The van der Waals surface area contributed by atoms with E-state index in [0.29, 0.717) is 6.61 Å². The number of rotatable bonds is 6. The second-order valence-corrected chi connectivity index (χ2v) is 3.94. The summed E-state index contributed by atoms with van der Waals surface area (Å²) in [6.45, 7) is 2.32. The zero-order valence-electron chi connectivity index (χ0n) is 9.05. The summed E-state index contributed by atoms with van der Waals surface area (Å²) in [5.41, 5.74) is 1.14. The van der Waals surface area contributed by atoms with Crippen LogP contribution in [0.5, 0.6) is 5.75 Å². The van der Waals surface area contributed by atoms with Crippen LogP contribution in [0.2, 0.25) is 0 Å². The van der Waals surface area contributed by atoms with Crippen LogP contribution < -0.4 is 10.1 Å². The molecule has 0 aliphatic heterocycles. The van der Waals surface area contributed by atoms with Gasteiger partial charge in [0.15, 0.2) is 0 Å². The molecule has 0 amide bonds. The molecule has 0 saturated carbocycles. The Labute approximate surface area is 98.9 Å². The van der Waals surface area contributed by atoms with Crippen LogP contribution in [-0.4, -0.2) is 27.4 Å². The van der Waals surface area contributed by atoms with Gasteiger partial charge in [-0.3, -0.25) is 0 Å². The second kappa shape index (κ2) is 6.82. The van der Waals surface area contributed by atoms with Gasteiger partial charge in [-0.15, -0.1) is 0 Å². The number of methoxy groups -OCH3 is 2. The van der Waals surface area contributed by atoms with Crippen LogP contribution in [0.15, 0.2) is 22.7 Å². The third-order valence-corrected chi connectivity index (χ3v) is 2.82. The summed E-state index contributed by atoms with van der Waals surface area (Å²) in [6, 6.07) is 5.93. The summed E-state index contributed by atoms with van der Waals surface area (Å²) >= 11 is 3.51. The molecule has 0 aliphatic carbocycles. The van der Waals surface area contributed by atoms with Crippen molar-refractivity contribution < 1.29 is 9.47 Å². The molecule has 0 bridgehead atoms. The highest BCUT2D eigenvalue weighted by molar-refractivity contribution is 9.10. The monoisotopic (exact) mass is 273 g/mol. The topological polar surface area (TPSA) is 30.5 Å². The zero-order chi connectivity index (χ0) is 11.1. The quantitative estimate of drug-likeness (QED) is 0.807. The normalized spacial score (nSPS) is 10.3. The Balaban J connectivity index is 2.58. The lowest BCUT2D eigenvalue weighted by atomic mass is 10.2. The van der Waals surface area contributed by atoms with E-state index in [9.17, 15) is 0 Å². The van der Waals surface area contributed by atoms with Crippen molar-refractivity contribution in [2.45, 2.75) is 6.54 Å². The molecular weight excluding hydrogens is 258 g/mol. The van der Waals surface area contributed by atoms with Crippen LogP contribution in [0.25, 0.3) is 0 Å². The summed E-state index contributed by atoms with van der Waals surface area (Å²) in [5, 5.41) is 3.28. The van der Waals surface area contributed by atoms with Gasteiger partial charge >= 0.3 is 0 Å². The molecule has 0 unspecified atom stereocenters. The van der Waals surface area contributed by atoms with Gasteiger partial charge in [0.05, 0.1) is 13.7 Å². The van der Waals surface area contributed by atoms with Crippen LogP contribution in [0.1, 0.15) is 5.56 Å². The smallest absolute Gasteiger partial charge is 0.124 e. The fourth-order valence-corrected chi connectivity index (χ4v) is 1.78. The number of benzene rings is 1. The van der Waals surface area contributed by atoms with E-state index in [1.54, 1.807) is 14.2 Å².